The van der Waals surface area contributed by atoms with Crippen molar-refractivity contribution in [3.8, 4) is 0 Å². The molecule has 0 spiro atoms. The summed E-state index contributed by atoms with van der Waals surface area (Å²) in [6, 6.07) is 0. The maximum Gasteiger partial charge on any atom is 0.322 e. The van der Waals surface area contributed by atoms with Crippen LogP contribution in [0.1, 0.15) is 13.3 Å². The Kier molecular flexibility index (Phi) is 5.30. The number of rotatable bonds is 2. The van der Waals surface area contributed by atoms with E-state index < -0.39 is 6.47 Å². The standard InChI is InChI=1S/C6H8Br4O2/c1-5(7,4(11)12-2)3-6(8,9)10/h3H2,1-2H3. The van der Waals surface area contributed by atoms with Crippen LogP contribution in [0, 0.1) is 0 Å². The topological polar surface area (TPSA) is 26.3 Å². The van der Waals surface area contributed by atoms with E-state index >= 15 is 0 Å². The molecule has 0 heterocycles. The second-order valence-corrected chi connectivity index (χ2v) is 11.5. The first-order chi connectivity index (χ1) is 5.19. The molecule has 0 fully saturated rings. The Hall–Kier alpha value is 1.39. The zero-order valence-electron chi connectivity index (χ0n) is 6.54. The van der Waals surface area contributed by atoms with Gasteiger partial charge in [0, 0.05) is 6.42 Å². The minimum absolute atomic E-state index is 0.301. The average Bonchev–Trinajstić information content (AvgIpc) is 1.80. The van der Waals surface area contributed by atoms with E-state index in [1.54, 1.807) is 6.92 Å². The molecule has 0 aromatic heterocycles. The molecular formula is C6H8Br4O2. The number of esters is 1. The maximum atomic E-state index is 11.2. The molecule has 0 rings (SSSR count). The van der Waals surface area contributed by atoms with Crippen molar-refractivity contribution in [1.82, 2.24) is 0 Å². The summed E-state index contributed by atoms with van der Waals surface area (Å²) in [6.07, 6.45) is 0.507. The number of halogens is 4. The van der Waals surface area contributed by atoms with Gasteiger partial charge in [-0.25, -0.2) is 0 Å². The lowest BCUT2D eigenvalue weighted by molar-refractivity contribution is -0.142. The molecule has 1 unspecified atom stereocenters. The Labute approximate surface area is 105 Å². The van der Waals surface area contributed by atoms with Gasteiger partial charge in [0.25, 0.3) is 0 Å². The van der Waals surface area contributed by atoms with Crippen LogP contribution < -0.4 is 0 Å². The third-order valence-corrected chi connectivity index (χ3v) is 2.59. The third kappa shape index (κ3) is 5.19. The Morgan fingerprint density at radius 3 is 2.00 bits per heavy atom. The van der Waals surface area contributed by atoms with E-state index in [-0.39, 0.29) is 5.97 Å². The van der Waals surface area contributed by atoms with E-state index in [0.29, 0.717) is 6.42 Å². The maximum absolute atomic E-state index is 11.2. The van der Waals surface area contributed by atoms with Gasteiger partial charge in [-0.2, -0.15) is 0 Å². The molecule has 0 aliphatic rings. The molecule has 0 aliphatic carbocycles. The quantitative estimate of drug-likeness (QED) is 0.494. The fourth-order valence-corrected chi connectivity index (χ4v) is 4.05. The van der Waals surface area contributed by atoms with Gasteiger partial charge in [-0.15, -0.1) is 0 Å². The van der Waals surface area contributed by atoms with Crippen molar-refractivity contribution in [1.29, 1.82) is 0 Å². The second kappa shape index (κ2) is 4.75. The Bertz CT molecular complexity index is 173. The minimum atomic E-state index is -0.696. The zero-order valence-corrected chi connectivity index (χ0v) is 12.9. The highest BCUT2D eigenvalue weighted by Crippen LogP contribution is 2.43. The summed E-state index contributed by atoms with van der Waals surface area (Å²) in [5.41, 5.74) is 0. The van der Waals surface area contributed by atoms with Crippen LogP contribution in [0.25, 0.3) is 0 Å². The number of hydrogen-bond acceptors (Lipinski definition) is 2. The molecule has 6 heteroatoms. The predicted molar refractivity (Wildman–Crippen MR) is 63.5 cm³/mol. The highest BCUT2D eigenvalue weighted by molar-refractivity contribution is 9.39. The fourth-order valence-electron chi connectivity index (χ4n) is 0.661. The first-order valence-corrected chi connectivity index (χ1v) is 6.20. The van der Waals surface area contributed by atoms with Crippen LogP contribution in [0.4, 0.5) is 0 Å². The fraction of sp³-hybridized carbons (Fsp3) is 0.833. The molecular weight excluding hydrogens is 424 g/mol. The first-order valence-electron chi connectivity index (χ1n) is 3.03. The average molecular weight is 432 g/mol. The molecule has 0 N–H and O–H groups in total. The summed E-state index contributed by atoms with van der Waals surface area (Å²) >= 11 is 13.2. The van der Waals surface area contributed by atoms with Gasteiger partial charge in [0.05, 0.1) is 7.11 Å². The Morgan fingerprint density at radius 2 is 1.75 bits per heavy atom. The number of carbonyl (C=O) groups excluding carboxylic acids is 1. The molecule has 0 saturated heterocycles. The zero-order chi connectivity index (χ0) is 9.99. The van der Waals surface area contributed by atoms with Crippen LogP contribution in [-0.2, 0) is 9.53 Å². The lowest BCUT2D eigenvalue weighted by Gasteiger charge is -2.24. The second-order valence-electron chi connectivity index (χ2n) is 2.48. The van der Waals surface area contributed by atoms with Crippen molar-refractivity contribution in [2.24, 2.45) is 0 Å². The van der Waals surface area contributed by atoms with E-state index in [4.69, 9.17) is 0 Å². The molecule has 0 aliphatic heterocycles. The van der Waals surface area contributed by atoms with Gasteiger partial charge >= 0.3 is 5.97 Å². The van der Waals surface area contributed by atoms with E-state index in [1.807, 2.05) is 0 Å². The van der Waals surface area contributed by atoms with E-state index in [2.05, 4.69) is 68.5 Å². The third-order valence-electron chi connectivity index (χ3n) is 1.14. The number of carbonyl (C=O) groups is 1. The highest BCUT2D eigenvalue weighted by atomic mass is 80.0. The number of ether oxygens (including phenoxy) is 1. The number of alkyl halides is 4. The molecule has 0 aromatic rings. The van der Waals surface area contributed by atoms with Gasteiger partial charge in [-0.05, 0) is 6.92 Å². The highest BCUT2D eigenvalue weighted by Gasteiger charge is 2.38. The number of hydrogen-bond donors (Lipinski definition) is 0. The molecule has 0 aromatic carbocycles. The van der Waals surface area contributed by atoms with Crippen LogP contribution in [0.15, 0.2) is 0 Å². The Balaban J connectivity index is 4.32. The van der Waals surface area contributed by atoms with Gasteiger partial charge in [-0.3, -0.25) is 4.79 Å². The molecule has 0 amide bonds. The summed E-state index contributed by atoms with van der Waals surface area (Å²) in [5.74, 6) is -0.301. The van der Waals surface area contributed by atoms with Crippen molar-refractivity contribution in [3.63, 3.8) is 0 Å². The van der Waals surface area contributed by atoms with Crippen LogP contribution in [0.2, 0.25) is 0 Å². The van der Waals surface area contributed by atoms with Crippen LogP contribution in [0.3, 0.4) is 0 Å². The lowest BCUT2D eigenvalue weighted by Crippen LogP contribution is -2.33. The van der Waals surface area contributed by atoms with Crippen molar-refractivity contribution in [2.45, 2.75) is 19.8 Å². The molecule has 1 atom stereocenters. The van der Waals surface area contributed by atoms with E-state index in [0.717, 1.165) is 0 Å². The molecule has 0 radical (unpaired) electrons. The van der Waals surface area contributed by atoms with Gasteiger partial charge in [0.15, 0.2) is 0 Å². The van der Waals surface area contributed by atoms with Crippen molar-refractivity contribution in [2.75, 3.05) is 7.11 Å². The first kappa shape index (κ1) is 13.4. The van der Waals surface area contributed by atoms with Gasteiger partial charge < -0.3 is 4.74 Å². The lowest BCUT2D eigenvalue weighted by atomic mass is 10.1. The summed E-state index contributed by atoms with van der Waals surface area (Å²) < 4.78 is 3.47. The molecule has 72 valence electrons. The van der Waals surface area contributed by atoms with Crippen molar-refractivity contribution < 1.29 is 9.53 Å². The summed E-state index contributed by atoms with van der Waals surface area (Å²) in [4.78, 5) is 11.2. The number of methoxy groups -OCH3 is 1. The Morgan fingerprint density at radius 1 is 1.33 bits per heavy atom. The molecule has 0 saturated carbocycles. The largest absolute Gasteiger partial charge is 0.468 e. The summed E-state index contributed by atoms with van der Waals surface area (Å²) in [5, 5.41) is 0. The van der Waals surface area contributed by atoms with Crippen LogP contribution >= 0.6 is 63.7 Å². The summed E-state index contributed by atoms with van der Waals surface area (Å²) in [6.45, 7) is 1.75. The van der Waals surface area contributed by atoms with E-state index in [9.17, 15) is 4.79 Å². The smallest absolute Gasteiger partial charge is 0.322 e. The molecule has 2 nitrogen and oxygen atoms in total. The SMILES string of the molecule is COC(=O)C(C)(Br)CC(Br)(Br)Br. The molecule has 12 heavy (non-hydrogen) atoms. The normalized spacial score (nSPS) is 16.8. The van der Waals surface area contributed by atoms with E-state index in [1.165, 1.54) is 7.11 Å². The van der Waals surface area contributed by atoms with Crippen molar-refractivity contribution in [3.05, 3.63) is 0 Å². The summed E-state index contributed by atoms with van der Waals surface area (Å²) in [7, 11) is 1.36. The minimum Gasteiger partial charge on any atom is -0.468 e. The van der Waals surface area contributed by atoms with Gasteiger partial charge in [-0.1, -0.05) is 63.7 Å². The monoisotopic (exact) mass is 428 g/mol. The van der Waals surface area contributed by atoms with Gasteiger partial charge in [0.2, 0.25) is 0 Å². The van der Waals surface area contributed by atoms with Crippen LogP contribution in [-0.4, -0.2) is 19.5 Å². The molecule has 0 bridgehead atoms. The predicted octanol–water partition coefficient (Wildman–Crippen LogP) is 3.54. The van der Waals surface area contributed by atoms with Crippen molar-refractivity contribution >= 4 is 69.7 Å². The van der Waals surface area contributed by atoms with Crippen LogP contribution in [0.5, 0.6) is 0 Å². The van der Waals surface area contributed by atoms with Gasteiger partial charge in [0.1, 0.15) is 6.47 Å².